The number of benzene rings is 1. The number of fused-ring (bicyclic) bond motifs is 1. The standard InChI is InChI=1S/C8H4ClNO3/c9-6-2-1-4(8(11)12)7-5(6)3-10-13-7/h1-3H,(H,11,12). The van der Waals surface area contributed by atoms with Gasteiger partial charge >= 0.3 is 5.97 Å². The number of carbonyl (C=O) groups is 1. The minimum Gasteiger partial charge on any atom is -0.478 e. The highest BCUT2D eigenvalue weighted by molar-refractivity contribution is 6.35. The zero-order valence-electron chi connectivity index (χ0n) is 6.32. The Labute approximate surface area is 77.7 Å². The molecule has 0 aliphatic heterocycles. The highest BCUT2D eigenvalue weighted by atomic mass is 35.5. The van der Waals surface area contributed by atoms with Crippen LogP contribution in [0, 0.1) is 0 Å². The lowest BCUT2D eigenvalue weighted by Crippen LogP contribution is -1.95. The largest absolute Gasteiger partial charge is 0.478 e. The molecule has 0 unspecified atom stereocenters. The van der Waals surface area contributed by atoms with Crippen molar-refractivity contribution in [3.05, 3.63) is 28.9 Å². The summed E-state index contributed by atoms with van der Waals surface area (Å²) in [6, 6.07) is 2.89. The van der Waals surface area contributed by atoms with Gasteiger partial charge in [0.2, 0.25) is 0 Å². The maximum atomic E-state index is 10.7. The monoisotopic (exact) mass is 197 g/mol. The Morgan fingerprint density at radius 2 is 2.31 bits per heavy atom. The molecule has 4 nitrogen and oxygen atoms in total. The van der Waals surface area contributed by atoms with E-state index < -0.39 is 5.97 Å². The van der Waals surface area contributed by atoms with Crippen LogP contribution in [0.25, 0.3) is 11.0 Å². The Kier molecular flexibility index (Phi) is 1.70. The van der Waals surface area contributed by atoms with Crippen molar-refractivity contribution in [2.75, 3.05) is 0 Å². The van der Waals surface area contributed by atoms with Crippen LogP contribution in [-0.2, 0) is 0 Å². The summed E-state index contributed by atoms with van der Waals surface area (Å²) >= 11 is 5.78. The highest BCUT2D eigenvalue weighted by Gasteiger charge is 2.13. The van der Waals surface area contributed by atoms with Gasteiger partial charge in [-0.15, -0.1) is 0 Å². The molecule has 0 aliphatic carbocycles. The fraction of sp³-hybridized carbons (Fsp3) is 0. The molecule has 5 heteroatoms. The average molecular weight is 198 g/mol. The van der Waals surface area contributed by atoms with Gasteiger partial charge in [-0.1, -0.05) is 16.8 Å². The molecule has 2 aromatic rings. The third-order valence-corrected chi connectivity index (χ3v) is 2.03. The van der Waals surface area contributed by atoms with E-state index in [1.54, 1.807) is 0 Å². The van der Waals surface area contributed by atoms with E-state index in [-0.39, 0.29) is 11.1 Å². The SMILES string of the molecule is O=C(O)c1ccc(Cl)c2cnoc12. The van der Waals surface area contributed by atoms with Crippen molar-refractivity contribution in [2.45, 2.75) is 0 Å². The van der Waals surface area contributed by atoms with Crippen LogP contribution < -0.4 is 0 Å². The van der Waals surface area contributed by atoms with Crippen LogP contribution in [0.1, 0.15) is 10.4 Å². The Hall–Kier alpha value is -1.55. The first-order valence-electron chi connectivity index (χ1n) is 3.46. The van der Waals surface area contributed by atoms with Crippen LogP contribution in [0.4, 0.5) is 0 Å². The van der Waals surface area contributed by atoms with Gasteiger partial charge in [-0.25, -0.2) is 4.79 Å². The van der Waals surface area contributed by atoms with Gasteiger partial charge in [-0.3, -0.25) is 0 Å². The summed E-state index contributed by atoms with van der Waals surface area (Å²) in [5.41, 5.74) is 0.275. The second-order valence-corrected chi connectivity index (χ2v) is 2.88. The van der Waals surface area contributed by atoms with Crippen molar-refractivity contribution in [1.82, 2.24) is 5.16 Å². The van der Waals surface area contributed by atoms with Gasteiger partial charge in [0.1, 0.15) is 5.56 Å². The first-order chi connectivity index (χ1) is 6.20. The van der Waals surface area contributed by atoms with Crippen LogP contribution in [-0.4, -0.2) is 16.2 Å². The fourth-order valence-electron chi connectivity index (χ4n) is 1.09. The molecule has 0 aliphatic rings. The van der Waals surface area contributed by atoms with Crippen LogP contribution in [0.2, 0.25) is 5.02 Å². The second-order valence-electron chi connectivity index (χ2n) is 2.47. The van der Waals surface area contributed by atoms with E-state index in [1.165, 1.54) is 18.3 Å². The molecule has 0 fully saturated rings. The zero-order chi connectivity index (χ0) is 9.42. The lowest BCUT2D eigenvalue weighted by Gasteiger charge is -1.95. The predicted molar refractivity (Wildman–Crippen MR) is 46.0 cm³/mol. The van der Waals surface area contributed by atoms with E-state index >= 15 is 0 Å². The van der Waals surface area contributed by atoms with Crippen molar-refractivity contribution in [2.24, 2.45) is 0 Å². The number of halogens is 1. The highest BCUT2D eigenvalue weighted by Crippen LogP contribution is 2.25. The Morgan fingerprint density at radius 1 is 1.54 bits per heavy atom. The first kappa shape index (κ1) is 8.07. The van der Waals surface area contributed by atoms with Gasteiger partial charge in [-0.2, -0.15) is 0 Å². The lowest BCUT2D eigenvalue weighted by molar-refractivity contribution is 0.0697. The van der Waals surface area contributed by atoms with Gasteiger partial charge in [0.05, 0.1) is 16.6 Å². The van der Waals surface area contributed by atoms with Gasteiger partial charge in [0.15, 0.2) is 5.58 Å². The predicted octanol–water partition coefficient (Wildman–Crippen LogP) is 2.18. The molecule has 0 saturated heterocycles. The number of hydrogen-bond donors (Lipinski definition) is 1. The number of rotatable bonds is 1. The molecule has 0 spiro atoms. The molecular formula is C8H4ClNO3. The molecule has 13 heavy (non-hydrogen) atoms. The molecule has 66 valence electrons. The Morgan fingerprint density at radius 3 is 3.00 bits per heavy atom. The summed E-state index contributed by atoms with van der Waals surface area (Å²) in [5, 5.41) is 13.2. The summed E-state index contributed by atoms with van der Waals surface area (Å²) in [7, 11) is 0. The molecule has 1 aromatic heterocycles. The first-order valence-corrected chi connectivity index (χ1v) is 3.84. The summed E-state index contributed by atoms with van der Waals surface area (Å²) in [5.74, 6) is -1.06. The third-order valence-electron chi connectivity index (χ3n) is 1.70. The fourth-order valence-corrected chi connectivity index (χ4v) is 1.29. The van der Waals surface area contributed by atoms with E-state index in [0.717, 1.165) is 0 Å². The molecular weight excluding hydrogens is 194 g/mol. The van der Waals surface area contributed by atoms with E-state index in [1.807, 2.05) is 0 Å². The van der Waals surface area contributed by atoms with Crippen molar-refractivity contribution >= 4 is 28.5 Å². The van der Waals surface area contributed by atoms with Gasteiger partial charge in [-0.05, 0) is 12.1 Å². The quantitative estimate of drug-likeness (QED) is 0.761. The molecule has 0 bridgehead atoms. The molecule has 0 amide bonds. The Balaban J connectivity index is 2.86. The van der Waals surface area contributed by atoms with Crippen LogP contribution in [0.5, 0.6) is 0 Å². The van der Waals surface area contributed by atoms with Crippen molar-refractivity contribution in [3.8, 4) is 0 Å². The summed E-state index contributed by atoms with van der Waals surface area (Å²) in [6.45, 7) is 0. The number of aromatic nitrogens is 1. The third kappa shape index (κ3) is 1.15. The second kappa shape index (κ2) is 2.74. The summed E-state index contributed by atoms with van der Waals surface area (Å²) in [4.78, 5) is 10.7. The van der Waals surface area contributed by atoms with Gasteiger partial charge in [0.25, 0.3) is 0 Å². The molecule has 0 saturated carbocycles. The average Bonchev–Trinajstić information content (AvgIpc) is 2.53. The number of carboxylic acid groups (broad SMARTS) is 1. The van der Waals surface area contributed by atoms with Gasteiger partial charge < -0.3 is 9.63 Å². The molecule has 0 radical (unpaired) electrons. The van der Waals surface area contributed by atoms with E-state index in [0.29, 0.717) is 10.4 Å². The van der Waals surface area contributed by atoms with Crippen LogP contribution in [0.15, 0.2) is 22.9 Å². The van der Waals surface area contributed by atoms with Crippen LogP contribution in [0.3, 0.4) is 0 Å². The number of nitrogens with zero attached hydrogens (tertiary/aromatic N) is 1. The number of hydrogen-bond acceptors (Lipinski definition) is 3. The topological polar surface area (TPSA) is 63.3 Å². The van der Waals surface area contributed by atoms with Crippen molar-refractivity contribution in [3.63, 3.8) is 0 Å². The molecule has 1 aromatic carbocycles. The maximum Gasteiger partial charge on any atom is 0.339 e. The van der Waals surface area contributed by atoms with Crippen LogP contribution >= 0.6 is 11.6 Å². The smallest absolute Gasteiger partial charge is 0.339 e. The minimum atomic E-state index is -1.06. The van der Waals surface area contributed by atoms with Crippen molar-refractivity contribution in [1.29, 1.82) is 0 Å². The van der Waals surface area contributed by atoms with E-state index in [9.17, 15) is 4.79 Å². The zero-order valence-corrected chi connectivity index (χ0v) is 7.08. The summed E-state index contributed by atoms with van der Waals surface area (Å²) in [6.07, 6.45) is 1.39. The normalized spacial score (nSPS) is 10.5. The van der Waals surface area contributed by atoms with Crippen molar-refractivity contribution < 1.29 is 14.4 Å². The number of carboxylic acids is 1. The molecule has 2 rings (SSSR count). The van der Waals surface area contributed by atoms with Gasteiger partial charge in [0, 0.05) is 0 Å². The maximum absolute atomic E-state index is 10.7. The Bertz CT molecular complexity index is 477. The molecule has 1 N–H and O–H groups in total. The number of aromatic carboxylic acids is 1. The molecule has 0 atom stereocenters. The molecule has 1 heterocycles. The summed E-state index contributed by atoms with van der Waals surface area (Å²) < 4.78 is 4.78. The van der Waals surface area contributed by atoms with E-state index in [4.69, 9.17) is 21.2 Å². The van der Waals surface area contributed by atoms with E-state index in [2.05, 4.69) is 5.16 Å². The minimum absolute atomic E-state index is 0.0666. The lowest BCUT2D eigenvalue weighted by atomic mass is 10.1.